The molecule has 1 aliphatic heterocycles. The third-order valence-electron chi connectivity index (χ3n) is 5.71. The van der Waals surface area contributed by atoms with Gasteiger partial charge in [-0.25, -0.2) is 0 Å². The van der Waals surface area contributed by atoms with Crippen molar-refractivity contribution in [3.8, 4) is 0 Å². The Hall–Kier alpha value is -1.68. The van der Waals surface area contributed by atoms with E-state index in [2.05, 4.69) is 0 Å². The average molecular weight is 328 g/mol. The van der Waals surface area contributed by atoms with Gasteiger partial charge in [0.05, 0.1) is 0 Å². The van der Waals surface area contributed by atoms with Crippen LogP contribution in [0.25, 0.3) is 0 Å². The van der Waals surface area contributed by atoms with E-state index in [1.807, 2.05) is 36.1 Å². The Bertz CT molecular complexity index is 588. The number of carbonyl (C=O) groups excluding carboxylic acids is 2. The summed E-state index contributed by atoms with van der Waals surface area (Å²) in [4.78, 5) is 27.0. The van der Waals surface area contributed by atoms with Gasteiger partial charge in [-0.15, -0.1) is 0 Å². The summed E-state index contributed by atoms with van der Waals surface area (Å²) in [5.41, 5.74) is 8.04. The summed E-state index contributed by atoms with van der Waals surface area (Å²) >= 11 is 0. The van der Waals surface area contributed by atoms with E-state index in [1.54, 1.807) is 0 Å². The van der Waals surface area contributed by atoms with E-state index in [1.165, 1.54) is 0 Å². The minimum Gasteiger partial charge on any atom is -0.343 e. The number of nitrogens with zero attached hydrogens (tertiary/aromatic N) is 1. The second-order valence-corrected chi connectivity index (χ2v) is 7.44. The second kappa shape index (κ2) is 7.47. The van der Waals surface area contributed by atoms with Crippen molar-refractivity contribution in [2.45, 2.75) is 51.5 Å². The molecule has 2 atom stereocenters. The molecule has 2 fully saturated rings. The van der Waals surface area contributed by atoms with Crippen molar-refractivity contribution in [2.75, 3.05) is 13.1 Å². The van der Waals surface area contributed by atoms with Crippen LogP contribution in [0.5, 0.6) is 0 Å². The molecule has 0 spiro atoms. The lowest BCUT2D eigenvalue weighted by Crippen LogP contribution is -2.41. The number of benzene rings is 1. The highest BCUT2D eigenvalue weighted by molar-refractivity contribution is 5.98. The van der Waals surface area contributed by atoms with Crippen LogP contribution in [0.4, 0.5) is 0 Å². The Morgan fingerprint density at radius 3 is 2.33 bits per heavy atom. The molecule has 24 heavy (non-hydrogen) atoms. The van der Waals surface area contributed by atoms with Crippen LogP contribution in [0, 0.1) is 18.8 Å². The predicted molar refractivity (Wildman–Crippen MR) is 94.7 cm³/mol. The molecule has 2 N–H and O–H groups in total. The number of aryl methyl sites for hydroxylation is 1. The molecule has 1 aromatic carbocycles. The van der Waals surface area contributed by atoms with Gasteiger partial charge in [-0.05, 0) is 38.5 Å². The summed E-state index contributed by atoms with van der Waals surface area (Å²) in [6.45, 7) is 3.42. The van der Waals surface area contributed by atoms with Gasteiger partial charge in [-0.3, -0.25) is 9.59 Å². The number of piperidine rings is 1. The number of likely N-dealkylation sites (tertiary alicyclic amines) is 1. The molecule has 4 heteroatoms. The SMILES string of the molecule is Cc1ccc(C(=O)C2CCN(C(=O)C[C@@H]3CCC[C@H]3N)CC2)cc1. The van der Waals surface area contributed by atoms with Crippen molar-refractivity contribution in [3.05, 3.63) is 35.4 Å². The smallest absolute Gasteiger partial charge is 0.222 e. The van der Waals surface area contributed by atoms with Gasteiger partial charge in [0.25, 0.3) is 0 Å². The first-order chi connectivity index (χ1) is 11.5. The Morgan fingerprint density at radius 1 is 1.08 bits per heavy atom. The van der Waals surface area contributed by atoms with E-state index in [-0.39, 0.29) is 23.7 Å². The van der Waals surface area contributed by atoms with Crippen molar-refractivity contribution < 1.29 is 9.59 Å². The molecule has 0 radical (unpaired) electrons. The first-order valence-corrected chi connectivity index (χ1v) is 9.19. The second-order valence-electron chi connectivity index (χ2n) is 7.44. The average Bonchev–Trinajstić information content (AvgIpc) is 3.00. The summed E-state index contributed by atoms with van der Waals surface area (Å²) in [6, 6.07) is 7.98. The first-order valence-electron chi connectivity index (χ1n) is 9.19. The largest absolute Gasteiger partial charge is 0.343 e. The highest BCUT2D eigenvalue weighted by atomic mass is 16.2. The molecule has 0 bridgehead atoms. The van der Waals surface area contributed by atoms with Gasteiger partial charge in [0.1, 0.15) is 0 Å². The van der Waals surface area contributed by atoms with Crippen molar-refractivity contribution in [3.63, 3.8) is 0 Å². The Balaban J connectivity index is 1.50. The third kappa shape index (κ3) is 3.86. The van der Waals surface area contributed by atoms with Gasteiger partial charge in [-0.2, -0.15) is 0 Å². The molecule has 3 rings (SSSR count). The molecule has 1 amide bonds. The van der Waals surface area contributed by atoms with E-state index < -0.39 is 0 Å². The van der Waals surface area contributed by atoms with Crippen LogP contribution < -0.4 is 5.73 Å². The van der Waals surface area contributed by atoms with Crippen LogP contribution in [-0.2, 0) is 4.79 Å². The summed E-state index contributed by atoms with van der Waals surface area (Å²) in [5, 5.41) is 0. The number of Topliss-reactive ketones (excluding diaryl/α,β-unsaturated/α-hetero) is 1. The molecule has 0 aromatic heterocycles. The van der Waals surface area contributed by atoms with E-state index in [0.29, 0.717) is 25.4 Å². The maximum atomic E-state index is 12.6. The van der Waals surface area contributed by atoms with Gasteiger partial charge < -0.3 is 10.6 Å². The number of ketones is 1. The number of hydrogen-bond donors (Lipinski definition) is 1. The topological polar surface area (TPSA) is 63.4 Å². The fourth-order valence-electron chi connectivity index (χ4n) is 4.02. The molecule has 1 heterocycles. The van der Waals surface area contributed by atoms with E-state index in [9.17, 15) is 9.59 Å². The van der Waals surface area contributed by atoms with Gasteiger partial charge in [-0.1, -0.05) is 36.2 Å². The lowest BCUT2D eigenvalue weighted by Gasteiger charge is -2.32. The molecule has 1 saturated heterocycles. The molecule has 0 unspecified atom stereocenters. The molecule has 1 aliphatic carbocycles. The van der Waals surface area contributed by atoms with Gasteiger partial charge >= 0.3 is 0 Å². The lowest BCUT2D eigenvalue weighted by molar-refractivity contribution is -0.133. The predicted octanol–water partition coefficient (Wildman–Crippen LogP) is 2.93. The highest BCUT2D eigenvalue weighted by Gasteiger charge is 2.31. The van der Waals surface area contributed by atoms with Crippen LogP contribution in [0.3, 0.4) is 0 Å². The van der Waals surface area contributed by atoms with Crippen LogP contribution in [0.15, 0.2) is 24.3 Å². The van der Waals surface area contributed by atoms with Gasteiger partial charge in [0, 0.05) is 37.0 Å². The molecule has 4 nitrogen and oxygen atoms in total. The number of carbonyl (C=O) groups is 2. The number of rotatable bonds is 4. The Labute approximate surface area is 144 Å². The van der Waals surface area contributed by atoms with Crippen LogP contribution in [0.1, 0.15) is 54.4 Å². The van der Waals surface area contributed by atoms with Crippen LogP contribution >= 0.6 is 0 Å². The first kappa shape index (κ1) is 17.2. The maximum Gasteiger partial charge on any atom is 0.222 e. The minimum atomic E-state index is 0.0468. The molecular formula is C20H28N2O2. The zero-order chi connectivity index (χ0) is 17.1. The van der Waals surface area contributed by atoms with Crippen LogP contribution in [-0.4, -0.2) is 35.7 Å². The molecule has 1 saturated carbocycles. The van der Waals surface area contributed by atoms with Crippen molar-refractivity contribution in [2.24, 2.45) is 17.6 Å². The molecule has 1 aromatic rings. The summed E-state index contributed by atoms with van der Waals surface area (Å²) in [6.07, 6.45) is 5.40. The zero-order valence-corrected chi connectivity index (χ0v) is 14.5. The number of nitrogens with two attached hydrogens (primary N) is 1. The molecule has 130 valence electrons. The fraction of sp³-hybridized carbons (Fsp3) is 0.600. The zero-order valence-electron chi connectivity index (χ0n) is 14.5. The Morgan fingerprint density at radius 2 is 1.75 bits per heavy atom. The fourth-order valence-corrected chi connectivity index (χ4v) is 4.02. The minimum absolute atomic E-state index is 0.0468. The quantitative estimate of drug-likeness (QED) is 0.864. The highest BCUT2D eigenvalue weighted by Crippen LogP contribution is 2.29. The summed E-state index contributed by atoms with van der Waals surface area (Å²) < 4.78 is 0. The summed E-state index contributed by atoms with van der Waals surface area (Å²) in [5.74, 6) is 0.841. The van der Waals surface area contributed by atoms with Crippen molar-refractivity contribution in [1.82, 2.24) is 4.90 Å². The third-order valence-corrected chi connectivity index (χ3v) is 5.71. The number of amides is 1. The standard InChI is InChI=1S/C20H28N2O2/c1-14-5-7-15(8-6-14)20(24)16-9-11-22(12-10-16)19(23)13-17-3-2-4-18(17)21/h5-8,16-18H,2-4,9-13,21H2,1H3/t17-,18+/m0/s1. The summed E-state index contributed by atoms with van der Waals surface area (Å²) in [7, 11) is 0. The molecular weight excluding hydrogens is 300 g/mol. The van der Waals surface area contributed by atoms with E-state index in [0.717, 1.165) is 43.2 Å². The Kier molecular flexibility index (Phi) is 5.34. The van der Waals surface area contributed by atoms with Crippen molar-refractivity contribution >= 4 is 11.7 Å². The van der Waals surface area contributed by atoms with Gasteiger partial charge in [0.15, 0.2) is 5.78 Å². The van der Waals surface area contributed by atoms with Crippen molar-refractivity contribution in [1.29, 1.82) is 0 Å². The lowest BCUT2D eigenvalue weighted by atomic mass is 9.88. The normalized spacial score (nSPS) is 25.0. The van der Waals surface area contributed by atoms with E-state index >= 15 is 0 Å². The van der Waals surface area contributed by atoms with E-state index in [4.69, 9.17) is 5.73 Å². The van der Waals surface area contributed by atoms with Gasteiger partial charge in [0.2, 0.25) is 5.91 Å². The van der Waals surface area contributed by atoms with Crippen LogP contribution in [0.2, 0.25) is 0 Å². The monoisotopic (exact) mass is 328 g/mol. The molecule has 2 aliphatic rings. The number of hydrogen-bond acceptors (Lipinski definition) is 3. The maximum absolute atomic E-state index is 12.6.